The van der Waals surface area contributed by atoms with Crippen LogP contribution in [-0.4, -0.2) is 36.7 Å². The summed E-state index contributed by atoms with van der Waals surface area (Å²) in [7, 11) is 0. The van der Waals surface area contributed by atoms with Gasteiger partial charge in [0, 0.05) is 30.1 Å². The first-order valence-electron chi connectivity index (χ1n) is 8.09. The van der Waals surface area contributed by atoms with Gasteiger partial charge in [-0.15, -0.1) is 0 Å². The first-order chi connectivity index (χ1) is 10.1. The minimum absolute atomic E-state index is 0.168. The summed E-state index contributed by atoms with van der Waals surface area (Å²) < 4.78 is 11.8. The van der Waals surface area contributed by atoms with Gasteiger partial charge < -0.3 is 15.2 Å². The highest BCUT2D eigenvalue weighted by molar-refractivity contribution is 5.50. The van der Waals surface area contributed by atoms with Gasteiger partial charge in [0.05, 0.1) is 12.6 Å². The molecule has 3 atom stereocenters. The van der Waals surface area contributed by atoms with Gasteiger partial charge in [0.2, 0.25) is 0 Å². The molecule has 2 heterocycles. The third-order valence-electron chi connectivity index (χ3n) is 4.60. The fourth-order valence-electron chi connectivity index (χ4n) is 3.63. The van der Waals surface area contributed by atoms with Gasteiger partial charge in [-0.05, 0) is 38.9 Å². The highest BCUT2D eigenvalue weighted by Gasteiger charge is 2.35. The van der Waals surface area contributed by atoms with E-state index >= 15 is 0 Å². The Hall–Kier alpha value is -1.26. The third-order valence-corrected chi connectivity index (χ3v) is 4.60. The molecule has 0 radical (unpaired) electrons. The lowest BCUT2D eigenvalue weighted by molar-refractivity contribution is 0.243. The zero-order valence-corrected chi connectivity index (χ0v) is 13.3. The number of rotatable bonds is 4. The second-order valence-corrected chi connectivity index (χ2v) is 6.09. The highest BCUT2D eigenvalue weighted by atomic mass is 16.5. The lowest BCUT2D eigenvalue weighted by Gasteiger charge is -2.28. The van der Waals surface area contributed by atoms with Crippen LogP contribution < -0.4 is 15.2 Å². The van der Waals surface area contributed by atoms with Gasteiger partial charge in [0.1, 0.15) is 17.6 Å². The van der Waals surface area contributed by atoms with Crippen molar-refractivity contribution in [1.29, 1.82) is 0 Å². The SMILES string of the molecule is CCOc1cc2c(cc1C1C(N)CCN1CC)OC(C)C2. The van der Waals surface area contributed by atoms with Gasteiger partial charge in [-0.25, -0.2) is 0 Å². The zero-order chi connectivity index (χ0) is 15.0. The van der Waals surface area contributed by atoms with Gasteiger partial charge in [-0.2, -0.15) is 0 Å². The van der Waals surface area contributed by atoms with Crippen LogP contribution in [-0.2, 0) is 6.42 Å². The zero-order valence-electron chi connectivity index (χ0n) is 13.3. The number of fused-ring (bicyclic) bond motifs is 1. The monoisotopic (exact) mass is 290 g/mol. The van der Waals surface area contributed by atoms with Crippen molar-refractivity contribution in [3.8, 4) is 11.5 Å². The quantitative estimate of drug-likeness (QED) is 0.925. The summed E-state index contributed by atoms with van der Waals surface area (Å²) >= 11 is 0. The van der Waals surface area contributed by atoms with E-state index in [0.29, 0.717) is 6.61 Å². The maximum absolute atomic E-state index is 6.38. The van der Waals surface area contributed by atoms with E-state index in [-0.39, 0.29) is 18.2 Å². The van der Waals surface area contributed by atoms with Gasteiger partial charge in [0.25, 0.3) is 0 Å². The van der Waals surface area contributed by atoms with Crippen LogP contribution in [0.5, 0.6) is 11.5 Å². The molecular formula is C17H26N2O2. The van der Waals surface area contributed by atoms with Crippen LogP contribution in [0.15, 0.2) is 12.1 Å². The number of hydrogen-bond acceptors (Lipinski definition) is 4. The van der Waals surface area contributed by atoms with Crippen molar-refractivity contribution in [2.24, 2.45) is 5.73 Å². The molecule has 4 nitrogen and oxygen atoms in total. The van der Waals surface area contributed by atoms with Crippen LogP contribution in [0.4, 0.5) is 0 Å². The van der Waals surface area contributed by atoms with Crippen molar-refractivity contribution in [3.05, 3.63) is 23.3 Å². The van der Waals surface area contributed by atoms with Crippen molar-refractivity contribution in [1.82, 2.24) is 4.90 Å². The molecule has 1 aromatic carbocycles. The van der Waals surface area contributed by atoms with E-state index in [9.17, 15) is 0 Å². The summed E-state index contributed by atoms with van der Waals surface area (Å²) in [4.78, 5) is 2.44. The molecule has 1 saturated heterocycles. The second-order valence-electron chi connectivity index (χ2n) is 6.09. The molecule has 3 unspecified atom stereocenters. The molecule has 0 aromatic heterocycles. The van der Waals surface area contributed by atoms with Crippen LogP contribution >= 0.6 is 0 Å². The molecule has 0 bridgehead atoms. The Morgan fingerprint density at radius 2 is 2.19 bits per heavy atom. The lowest BCUT2D eigenvalue weighted by Crippen LogP contribution is -2.32. The van der Waals surface area contributed by atoms with E-state index in [1.807, 2.05) is 6.92 Å². The maximum atomic E-state index is 6.38. The Balaban J connectivity index is 2.02. The van der Waals surface area contributed by atoms with E-state index in [4.69, 9.17) is 15.2 Å². The summed E-state index contributed by atoms with van der Waals surface area (Å²) in [6.07, 6.45) is 2.26. The van der Waals surface area contributed by atoms with Crippen LogP contribution in [0.1, 0.15) is 44.4 Å². The predicted octanol–water partition coefficient (Wildman–Crippen LogP) is 2.50. The molecule has 2 N–H and O–H groups in total. The predicted molar refractivity (Wildman–Crippen MR) is 84.0 cm³/mol. The van der Waals surface area contributed by atoms with Gasteiger partial charge >= 0.3 is 0 Å². The number of likely N-dealkylation sites (N-methyl/N-ethyl adjacent to an activating group) is 1. The minimum Gasteiger partial charge on any atom is -0.494 e. The Kier molecular flexibility index (Phi) is 4.09. The molecule has 4 heteroatoms. The van der Waals surface area contributed by atoms with Gasteiger partial charge in [0.15, 0.2) is 0 Å². The van der Waals surface area contributed by atoms with Crippen LogP contribution in [0.3, 0.4) is 0 Å². The van der Waals surface area contributed by atoms with E-state index in [1.165, 1.54) is 11.1 Å². The van der Waals surface area contributed by atoms with Crippen LogP contribution in [0.25, 0.3) is 0 Å². The van der Waals surface area contributed by atoms with E-state index < -0.39 is 0 Å². The Morgan fingerprint density at radius 3 is 2.90 bits per heavy atom. The molecule has 1 aromatic rings. The van der Waals surface area contributed by atoms with E-state index in [1.54, 1.807) is 0 Å². The highest BCUT2D eigenvalue weighted by Crippen LogP contribution is 2.42. The van der Waals surface area contributed by atoms with Crippen molar-refractivity contribution in [2.45, 2.75) is 51.8 Å². The van der Waals surface area contributed by atoms with Crippen LogP contribution in [0, 0.1) is 0 Å². The average molecular weight is 290 g/mol. The van der Waals surface area contributed by atoms with Crippen molar-refractivity contribution < 1.29 is 9.47 Å². The number of likely N-dealkylation sites (tertiary alicyclic amines) is 1. The largest absolute Gasteiger partial charge is 0.494 e. The summed E-state index contributed by atoms with van der Waals surface area (Å²) in [5, 5.41) is 0. The second kappa shape index (κ2) is 5.85. The Labute approximate surface area is 127 Å². The fourth-order valence-corrected chi connectivity index (χ4v) is 3.63. The summed E-state index contributed by atoms with van der Waals surface area (Å²) in [5.41, 5.74) is 8.82. The Morgan fingerprint density at radius 1 is 1.38 bits per heavy atom. The summed E-state index contributed by atoms with van der Waals surface area (Å²) in [6, 6.07) is 4.74. The van der Waals surface area contributed by atoms with Crippen LogP contribution in [0.2, 0.25) is 0 Å². The van der Waals surface area contributed by atoms with Gasteiger partial charge in [-0.3, -0.25) is 4.90 Å². The number of hydrogen-bond donors (Lipinski definition) is 1. The molecule has 2 aliphatic rings. The lowest BCUT2D eigenvalue weighted by atomic mass is 9.97. The molecule has 0 spiro atoms. The Bertz CT molecular complexity index is 518. The van der Waals surface area contributed by atoms with E-state index in [2.05, 4.69) is 30.9 Å². The minimum atomic E-state index is 0.168. The number of benzene rings is 1. The molecule has 0 amide bonds. The molecular weight excluding hydrogens is 264 g/mol. The smallest absolute Gasteiger partial charge is 0.124 e. The van der Waals surface area contributed by atoms with E-state index in [0.717, 1.165) is 37.4 Å². The summed E-state index contributed by atoms with van der Waals surface area (Å²) in [5.74, 6) is 1.99. The molecule has 1 fully saturated rings. The number of nitrogens with zero attached hydrogens (tertiary/aromatic N) is 1. The van der Waals surface area contributed by atoms with Crippen molar-refractivity contribution >= 4 is 0 Å². The fraction of sp³-hybridized carbons (Fsp3) is 0.647. The average Bonchev–Trinajstić information content (AvgIpc) is 2.99. The molecule has 3 rings (SSSR count). The number of nitrogens with two attached hydrogens (primary N) is 1. The van der Waals surface area contributed by atoms with Gasteiger partial charge in [-0.1, -0.05) is 6.92 Å². The molecule has 0 aliphatic carbocycles. The standard InChI is InChI=1S/C17H26N2O2/c1-4-19-7-6-14(18)17(19)13-10-15-12(8-11(3)21-15)9-16(13)20-5-2/h9-11,14,17H,4-8,18H2,1-3H3. The molecule has 0 saturated carbocycles. The molecule has 21 heavy (non-hydrogen) atoms. The molecule has 116 valence electrons. The third kappa shape index (κ3) is 2.62. The summed E-state index contributed by atoms with van der Waals surface area (Å²) in [6.45, 7) is 9.08. The normalized spacial score (nSPS) is 28.5. The van der Waals surface area contributed by atoms with Crippen molar-refractivity contribution in [2.75, 3.05) is 19.7 Å². The maximum Gasteiger partial charge on any atom is 0.124 e. The topological polar surface area (TPSA) is 47.7 Å². The number of ether oxygens (including phenoxy) is 2. The molecule has 2 aliphatic heterocycles. The first kappa shape index (κ1) is 14.7. The first-order valence-corrected chi connectivity index (χ1v) is 8.09. The van der Waals surface area contributed by atoms with Crippen molar-refractivity contribution in [3.63, 3.8) is 0 Å².